The predicted octanol–water partition coefficient (Wildman–Crippen LogP) is 5.35. The Kier molecular flexibility index (Phi) is 7.52. The van der Waals surface area contributed by atoms with E-state index in [-0.39, 0.29) is 11.3 Å². The fourth-order valence-electron chi connectivity index (χ4n) is 4.24. The normalized spacial score (nSPS) is 14.6. The van der Waals surface area contributed by atoms with Crippen molar-refractivity contribution in [3.8, 4) is 17.0 Å². The zero-order valence-electron chi connectivity index (χ0n) is 19.3. The van der Waals surface area contributed by atoms with Gasteiger partial charge in [0.25, 0.3) is 0 Å². The number of imidazole rings is 1. The zero-order chi connectivity index (χ0) is 23.2. The van der Waals surface area contributed by atoms with Crippen LogP contribution in [0.3, 0.4) is 0 Å². The SMILES string of the molecule is CCc1cnc(N2CCC(CCCOc3cc(F)c(-c4cnc(CC)[nH]4)c(F)c3)CC2)nc1. The van der Waals surface area contributed by atoms with Gasteiger partial charge in [-0.1, -0.05) is 13.8 Å². The maximum absolute atomic E-state index is 14.5. The molecule has 0 atom stereocenters. The first-order valence-corrected chi connectivity index (χ1v) is 11.8. The summed E-state index contributed by atoms with van der Waals surface area (Å²) in [4.78, 5) is 18.3. The van der Waals surface area contributed by atoms with E-state index >= 15 is 0 Å². The molecule has 1 aliphatic heterocycles. The molecular formula is C25H31F2N5O. The lowest BCUT2D eigenvalue weighted by Gasteiger charge is -2.32. The molecule has 8 heteroatoms. The van der Waals surface area contributed by atoms with E-state index in [1.807, 2.05) is 19.3 Å². The fraction of sp³-hybridized carbons (Fsp3) is 0.480. The number of H-pyrrole nitrogens is 1. The number of nitrogens with one attached hydrogen (secondary N) is 1. The molecule has 6 nitrogen and oxygen atoms in total. The number of rotatable bonds is 9. The number of hydrogen-bond donors (Lipinski definition) is 1. The summed E-state index contributed by atoms with van der Waals surface area (Å²) in [6, 6.07) is 2.49. The van der Waals surface area contributed by atoms with Crippen molar-refractivity contribution in [2.75, 3.05) is 24.6 Å². The number of anilines is 1. The Morgan fingerprint density at radius 3 is 2.30 bits per heavy atom. The minimum absolute atomic E-state index is 0.102. The van der Waals surface area contributed by atoms with Crippen LogP contribution >= 0.6 is 0 Å². The van der Waals surface area contributed by atoms with Crippen LogP contribution < -0.4 is 9.64 Å². The molecule has 0 amide bonds. The van der Waals surface area contributed by atoms with E-state index < -0.39 is 11.6 Å². The molecule has 3 heterocycles. The van der Waals surface area contributed by atoms with Gasteiger partial charge in [-0.3, -0.25) is 0 Å². The van der Waals surface area contributed by atoms with Crippen molar-refractivity contribution in [1.82, 2.24) is 19.9 Å². The van der Waals surface area contributed by atoms with Crippen molar-refractivity contribution in [1.29, 1.82) is 0 Å². The van der Waals surface area contributed by atoms with Gasteiger partial charge in [0.05, 0.1) is 24.1 Å². The summed E-state index contributed by atoms with van der Waals surface area (Å²) in [6.45, 7) is 6.35. The van der Waals surface area contributed by atoms with Gasteiger partial charge in [0.1, 0.15) is 23.2 Å². The summed E-state index contributed by atoms with van der Waals surface area (Å²) in [6.07, 6.45) is 10.9. The van der Waals surface area contributed by atoms with Gasteiger partial charge in [-0.15, -0.1) is 0 Å². The number of nitrogens with zero attached hydrogens (tertiary/aromatic N) is 4. The number of aromatic amines is 1. The first-order chi connectivity index (χ1) is 16.1. The molecule has 0 spiro atoms. The van der Waals surface area contributed by atoms with Gasteiger partial charge < -0.3 is 14.6 Å². The number of aromatic nitrogens is 4. The molecular weight excluding hydrogens is 424 g/mol. The molecule has 1 saturated heterocycles. The van der Waals surface area contributed by atoms with Crippen LogP contribution in [0.5, 0.6) is 5.75 Å². The summed E-state index contributed by atoms with van der Waals surface area (Å²) in [5, 5.41) is 0. The average Bonchev–Trinajstić information content (AvgIpc) is 3.31. The Morgan fingerprint density at radius 1 is 1.00 bits per heavy atom. The first kappa shape index (κ1) is 23.1. The molecule has 1 N–H and O–H groups in total. The third-order valence-electron chi connectivity index (χ3n) is 6.27. The Hall–Kier alpha value is -3.03. The zero-order valence-corrected chi connectivity index (χ0v) is 19.3. The monoisotopic (exact) mass is 455 g/mol. The Morgan fingerprint density at radius 2 is 1.70 bits per heavy atom. The molecule has 0 unspecified atom stereocenters. The minimum atomic E-state index is -0.655. The second-order valence-corrected chi connectivity index (χ2v) is 8.53. The van der Waals surface area contributed by atoms with E-state index in [2.05, 4.69) is 31.8 Å². The third kappa shape index (κ3) is 5.67. The smallest absolute Gasteiger partial charge is 0.225 e. The van der Waals surface area contributed by atoms with Gasteiger partial charge >= 0.3 is 0 Å². The van der Waals surface area contributed by atoms with Crippen LogP contribution in [0.15, 0.2) is 30.7 Å². The number of aryl methyl sites for hydroxylation is 2. The molecule has 176 valence electrons. The summed E-state index contributed by atoms with van der Waals surface area (Å²) in [5.41, 5.74) is 1.39. The van der Waals surface area contributed by atoms with Gasteiger partial charge in [0, 0.05) is 44.0 Å². The van der Waals surface area contributed by atoms with Crippen LogP contribution in [0.2, 0.25) is 0 Å². The maximum atomic E-state index is 14.5. The lowest BCUT2D eigenvalue weighted by Crippen LogP contribution is -2.35. The number of halogens is 2. The van der Waals surface area contributed by atoms with Crippen molar-refractivity contribution in [3.63, 3.8) is 0 Å². The predicted molar refractivity (Wildman–Crippen MR) is 124 cm³/mol. The van der Waals surface area contributed by atoms with Crippen molar-refractivity contribution in [2.45, 2.75) is 52.4 Å². The molecule has 1 aromatic carbocycles. The van der Waals surface area contributed by atoms with Crippen molar-refractivity contribution in [2.24, 2.45) is 5.92 Å². The van der Waals surface area contributed by atoms with E-state index in [4.69, 9.17) is 4.74 Å². The van der Waals surface area contributed by atoms with Crippen molar-refractivity contribution >= 4 is 5.95 Å². The number of hydrogen-bond acceptors (Lipinski definition) is 5. The highest BCUT2D eigenvalue weighted by Crippen LogP contribution is 2.29. The standard InChI is InChI=1S/C25H31F2N5O/c1-3-17-14-29-25(30-15-17)32-9-7-18(8-10-32)6-5-11-33-19-12-20(26)24(21(27)13-19)22-16-28-23(4-2)31-22/h12-16,18H,3-11H2,1-2H3,(H,28,31). The van der Waals surface area contributed by atoms with E-state index in [0.717, 1.165) is 56.7 Å². The molecule has 1 fully saturated rings. The van der Waals surface area contributed by atoms with Crippen LogP contribution in [0.1, 0.15) is 50.9 Å². The quantitative estimate of drug-likeness (QED) is 0.441. The highest BCUT2D eigenvalue weighted by atomic mass is 19.1. The van der Waals surface area contributed by atoms with Gasteiger partial charge in [-0.25, -0.2) is 23.7 Å². The number of benzene rings is 1. The highest BCUT2D eigenvalue weighted by Gasteiger charge is 2.21. The van der Waals surface area contributed by atoms with Gasteiger partial charge in [0.15, 0.2) is 0 Å². The van der Waals surface area contributed by atoms with Crippen LogP contribution in [-0.4, -0.2) is 39.6 Å². The van der Waals surface area contributed by atoms with Gasteiger partial charge in [-0.05, 0) is 43.6 Å². The maximum Gasteiger partial charge on any atom is 0.225 e. The van der Waals surface area contributed by atoms with E-state index in [1.54, 1.807) is 0 Å². The Bertz CT molecular complexity index is 1020. The summed E-state index contributed by atoms with van der Waals surface area (Å²) < 4.78 is 34.7. The number of ether oxygens (including phenoxy) is 1. The second-order valence-electron chi connectivity index (χ2n) is 8.53. The molecule has 0 bridgehead atoms. The molecule has 2 aromatic heterocycles. The van der Waals surface area contributed by atoms with Crippen LogP contribution in [0.4, 0.5) is 14.7 Å². The van der Waals surface area contributed by atoms with Gasteiger partial charge in [0.2, 0.25) is 5.95 Å². The largest absolute Gasteiger partial charge is 0.493 e. The highest BCUT2D eigenvalue weighted by molar-refractivity contribution is 5.61. The van der Waals surface area contributed by atoms with Crippen molar-refractivity contribution < 1.29 is 13.5 Å². The summed E-state index contributed by atoms with van der Waals surface area (Å²) in [5.74, 6) is 1.02. The molecule has 0 saturated carbocycles. The Labute approximate surface area is 193 Å². The molecule has 1 aliphatic rings. The molecule has 0 radical (unpaired) electrons. The number of piperidine rings is 1. The fourth-order valence-corrected chi connectivity index (χ4v) is 4.24. The lowest BCUT2D eigenvalue weighted by molar-refractivity contribution is 0.277. The van der Waals surface area contributed by atoms with Crippen LogP contribution in [-0.2, 0) is 12.8 Å². The van der Waals surface area contributed by atoms with Crippen molar-refractivity contribution in [3.05, 3.63) is 53.7 Å². The topological polar surface area (TPSA) is 66.9 Å². The van der Waals surface area contributed by atoms with E-state index in [1.165, 1.54) is 18.3 Å². The molecule has 3 aromatic rings. The second kappa shape index (κ2) is 10.7. The summed E-state index contributed by atoms with van der Waals surface area (Å²) in [7, 11) is 0. The van der Waals surface area contributed by atoms with E-state index in [0.29, 0.717) is 30.5 Å². The molecule has 33 heavy (non-hydrogen) atoms. The van der Waals surface area contributed by atoms with Crippen LogP contribution in [0, 0.1) is 17.6 Å². The minimum Gasteiger partial charge on any atom is -0.493 e. The first-order valence-electron chi connectivity index (χ1n) is 11.8. The van der Waals surface area contributed by atoms with E-state index in [9.17, 15) is 8.78 Å². The molecule has 0 aliphatic carbocycles. The average molecular weight is 456 g/mol. The van der Waals surface area contributed by atoms with Crippen LogP contribution in [0.25, 0.3) is 11.3 Å². The lowest BCUT2D eigenvalue weighted by atomic mass is 9.92. The Balaban J connectivity index is 1.22. The third-order valence-corrected chi connectivity index (χ3v) is 6.27. The summed E-state index contributed by atoms with van der Waals surface area (Å²) >= 11 is 0. The molecule has 4 rings (SSSR count). The van der Waals surface area contributed by atoms with Gasteiger partial charge in [-0.2, -0.15) is 0 Å².